The van der Waals surface area contributed by atoms with Gasteiger partial charge in [0.05, 0.1) is 6.61 Å². The number of benzene rings is 1. The zero-order chi connectivity index (χ0) is 14.5. The Labute approximate surface area is 123 Å². The first kappa shape index (κ1) is 15.4. The van der Waals surface area contributed by atoms with E-state index in [0.717, 1.165) is 24.2 Å². The maximum atomic E-state index is 5.75. The van der Waals surface area contributed by atoms with Crippen LogP contribution in [0, 0.1) is 11.8 Å². The molecule has 1 aliphatic rings. The molecule has 2 heteroatoms. The minimum absolute atomic E-state index is 0.348. The Morgan fingerprint density at radius 3 is 2.65 bits per heavy atom. The van der Waals surface area contributed by atoms with Crippen molar-refractivity contribution in [1.29, 1.82) is 0 Å². The molecule has 0 aromatic heterocycles. The van der Waals surface area contributed by atoms with Gasteiger partial charge in [0.15, 0.2) is 0 Å². The molecule has 20 heavy (non-hydrogen) atoms. The number of ether oxygens (including phenoxy) is 1. The fraction of sp³-hybridized carbons (Fsp3) is 0.667. The van der Waals surface area contributed by atoms with Crippen LogP contribution >= 0.6 is 0 Å². The predicted octanol–water partition coefficient (Wildman–Crippen LogP) is 4.56. The van der Waals surface area contributed by atoms with Crippen molar-refractivity contribution in [3.05, 3.63) is 29.8 Å². The quantitative estimate of drug-likeness (QED) is 0.821. The molecule has 2 rings (SSSR count). The van der Waals surface area contributed by atoms with Crippen molar-refractivity contribution in [2.24, 2.45) is 11.8 Å². The molecule has 0 aliphatic heterocycles. The van der Waals surface area contributed by atoms with E-state index in [9.17, 15) is 0 Å². The minimum atomic E-state index is 0.348. The summed E-state index contributed by atoms with van der Waals surface area (Å²) in [6, 6.07) is 9.39. The molecule has 0 spiro atoms. The number of nitrogens with one attached hydrogen (secondary N) is 1. The lowest BCUT2D eigenvalue weighted by molar-refractivity contribution is 0.312. The Morgan fingerprint density at radius 1 is 1.25 bits per heavy atom. The minimum Gasteiger partial charge on any atom is -0.494 e. The van der Waals surface area contributed by atoms with E-state index < -0.39 is 0 Å². The zero-order valence-electron chi connectivity index (χ0n) is 13.4. The average molecular weight is 275 g/mol. The third-order valence-electron chi connectivity index (χ3n) is 4.90. The van der Waals surface area contributed by atoms with E-state index in [-0.39, 0.29) is 0 Å². The molecular weight excluding hydrogens is 246 g/mol. The molecule has 4 atom stereocenters. The number of para-hydroxylation sites is 1. The lowest BCUT2D eigenvalue weighted by atomic mass is 9.93. The van der Waals surface area contributed by atoms with Crippen LogP contribution in [-0.2, 0) is 0 Å². The van der Waals surface area contributed by atoms with Gasteiger partial charge in [0.2, 0.25) is 0 Å². The third kappa shape index (κ3) is 3.35. The summed E-state index contributed by atoms with van der Waals surface area (Å²) in [6.45, 7) is 9.74. The Kier molecular flexibility index (Phi) is 5.47. The van der Waals surface area contributed by atoms with Crippen LogP contribution in [0.25, 0.3) is 0 Å². The van der Waals surface area contributed by atoms with E-state index in [0.29, 0.717) is 12.1 Å². The van der Waals surface area contributed by atoms with Crippen molar-refractivity contribution in [3.8, 4) is 5.75 Å². The highest BCUT2D eigenvalue weighted by Gasteiger charge is 2.32. The summed E-state index contributed by atoms with van der Waals surface area (Å²) < 4.78 is 5.75. The second-order valence-electron chi connectivity index (χ2n) is 6.07. The molecule has 112 valence electrons. The van der Waals surface area contributed by atoms with Crippen molar-refractivity contribution < 1.29 is 4.74 Å². The molecule has 1 aromatic rings. The van der Waals surface area contributed by atoms with E-state index >= 15 is 0 Å². The van der Waals surface area contributed by atoms with Crippen molar-refractivity contribution in [1.82, 2.24) is 5.32 Å². The molecule has 0 saturated heterocycles. The van der Waals surface area contributed by atoms with Crippen molar-refractivity contribution in [2.45, 2.75) is 59.0 Å². The lowest BCUT2D eigenvalue weighted by Gasteiger charge is -2.26. The Bertz CT molecular complexity index is 418. The van der Waals surface area contributed by atoms with Gasteiger partial charge in [-0.2, -0.15) is 0 Å². The third-order valence-corrected chi connectivity index (χ3v) is 4.90. The molecule has 1 fully saturated rings. The highest BCUT2D eigenvalue weighted by molar-refractivity contribution is 5.35. The summed E-state index contributed by atoms with van der Waals surface area (Å²) in [5, 5.41) is 3.83. The van der Waals surface area contributed by atoms with Crippen LogP contribution in [-0.4, -0.2) is 12.6 Å². The van der Waals surface area contributed by atoms with Gasteiger partial charge in [0.1, 0.15) is 5.75 Å². The molecule has 0 radical (unpaired) electrons. The molecule has 1 aliphatic carbocycles. The van der Waals surface area contributed by atoms with Gasteiger partial charge in [-0.15, -0.1) is 0 Å². The molecular formula is C18H29NO. The SMILES string of the molecule is CCOc1ccccc1C(C)NC1CCC(CC)C1C. The van der Waals surface area contributed by atoms with Gasteiger partial charge in [-0.1, -0.05) is 38.5 Å². The van der Waals surface area contributed by atoms with Crippen molar-refractivity contribution >= 4 is 0 Å². The van der Waals surface area contributed by atoms with Crippen LogP contribution in [0.15, 0.2) is 24.3 Å². The summed E-state index contributed by atoms with van der Waals surface area (Å²) in [5.41, 5.74) is 1.28. The Balaban J connectivity index is 2.03. The van der Waals surface area contributed by atoms with Crippen LogP contribution < -0.4 is 10.1 Å². The topological polar surface area (TPSA) is 21.3 Å². The molecule has 0 amide bonds. The van der Waals surface area contributed by atoms with Crippen LogP contribution in [0.3, 0.4) is 0 Å². The average Bonchev–Trinajstić information content (AvgIpc) is 2.80. The molecule has 1 aromatic carbocycles. The van der Waals surface area contributed by atoms with Gasteiger partial charge in [-0.3, -0.25) is 0 Å². The normalized spacial score (nSPS) is 27.5. The van der Waals surface area contributed by atoms with Crippen molar-refractivity contribution in [3.63, 3.8) is 0 Å². The Morgan fingerprint density at radius 2 is 2.00 bits per heavy atom. The summed E-state index contributed by atoms with van der Waals surface area (Å²) in [5.74, 6) is 2.69. The van der Waals surface area contributed by atoms with Gasteiger partial charge in [0.25, 0.3) is 0 Å². The molecule has 4 unspecified atom stereocenters. The second kappa shape index (κ2) is 7.12. The largest absolute Gasteiger partial charge is 0.494 e. The van der Waals surface area contributed by atoms with Crippen LogP contribution in [0.4, 0.5) is 0 Å². The van der Waals surface area contributed by atoms with Crippen LogP contribution in [0.1, 0.15) is 58.6 Å². The second-order valence-corrected chi connectivity index (χ2v) is 6.07. The monoisotopic (exact) mass is 275 g/mol. The number of hydrogen-bond donors (Lipinski definition) is 1. The highest BCUT2D eigenvalue weighted by Crippen LogP contribution is 2.36. The van der Waals surface area contributed by atoms with Gasteiger partial charge in [-0.05, 0) is 44.6 Å². The van der Waals surface area contributed by atoms with Crippen LogP contribution in [0.5, 0.6) is 5.75 Å². The lowest BCUT2D eigenvalue weighted by Crippen LogP contribution is -2.34. The Hall–Kier alpha value is -1.02. The highest BCUT2D eigenvalue weighted by atomic mass is 16.5. The smallest absolute Gasteiger partial charge is 0.124 e. The molecule has 1 N–H and O–H groups in total. The predicted molar refractivity (Wildman–Crippen MR) is 85.1 cm³/mol. The summed E-state index contributed by atoms with van der Waals surface area (Å²) in [7, 11) is 0. The van der Waals surface area contributed by atoms with Gasteiger partial charge in [0, 0.05) is 17.6 Å². The van der Waals surface area contributed by atoms with E-state index in [1.165, 1.54) is 24.8 Å². The summed E-state index contributed by atoms with van der Waals surface area (Å²) in [4.78, 5) is 0. The standard InChI is InChI=1S/C18H29NO/c1-5-15-11-12-17(13(15)3)19-14(4)16-9-7-8-10-18(16)20-6-2/h7-10,13-15,17,19H,5-6,11-12H2,1-4H3. The molecule has 0 heterocycles. The van der Waals surface area contributed by atoms with E-state index in [2.05, 4.69) is 44.3 Å². The number of rotatable bonds is 6. The molecule has 0 bridgehead atoms. The first-order valence-electron chi connectivity index (χ1n) is 8.15. The fourth-order valence-electron chi connectivity index (χ4n) is 3.60. The van der Waals surface area contributed by atoms with Crippen molar-refractivity contribution in [2.75, 3.05) is 6.61 Å². The van der Waals surface area contributed by atoms with Crippen LogP contribution in [0.2, 0.25) is 0 Å². The maximum absolute atomic E-state index is 5.75. The van der Waals surface area contributed by atoms with E-state index in [1.807, 2.05) is 13.0 Å². The fourth-order valence-corrected chi connectivity index (χ4v) is 3.60. The van der Waals surface area contributed by atoms with Gasteiger partial charge in [-0.25, -0.2) is 0 Å². The number of hydrogen-bond acceptors (Lipinski definition) is 2. The summed E-state index contributed by atoms with van der Waals surface area (Å²) in [6.07, 6.45) is 3.99. The molecule has 2 nitrogen and oxygen atoms in total. The zero-order valence-corrected chi connectivity index (χ0v) is 13.4. The van der Waals surface area contributed by atoms with Gasteiger partial charge < -0.3 is 10.1 Å². The summed E-state index contributed by atoms with van der Waals surface area (Å²) >= 11 is 0. The first-order valence-corrected chi connectivity index (χ1v) is 8.15. The van der Waals surface area contributed by atoms with E-state index in [4.69, 9.17) is 4.74 Å². The van der Waals surface area contributed by atoms with E-state index in [1.54, 1.807) is 0 Å². The van der Waals surface area contributed by atoms with Gasteiger partial charge >= 0.3 is 0 Å². The maximum Gasteiger partial charge on any atom is 0.124 e. The first-order chi connectivity index (χ1) is 9.67. The molecule has 1 saturated carbocycles.